The van der Waals surface area contributed by atoms with Crippen molar-refractivity contribution in [2.45, 2.75) is 35.9 Å². The highest BCUT2D eigenvalue weighted by molar-refractivity contribution is 8.00. The van der Waals surface area contributed by atoms with Gasteiger partial charge in [-0.25, -0.2) is 0 Å². The highest BCUT2D eigenvalue weighted by Gasteiger charge is 2.47. The number of aliphatic hydroxyl groups is 1. The molecule has 0 saturated carbocycles. The Morgan fingerprint density at radius 1 is 1.11 bits per heavy atom. The van der Waals surface area contributed by atoms with Crippen LogP contribution in [0.1, 0.15) is 47.5 Å². The van der Waals surface area contributed by atoms with Crippen molar-refractivity contribution < 1.29 is 28.6 Å². The van der Waals surface area contributed by atoms with E-state index in [2.05, 4.69) is 17.1 Å². The lowest BCUT2D eigenvalue weighted by Crippen LogP contribution is -2.31. The van der Waals surface area contributed by atoms with Gasteiger partial charge < -0.3 is 19.0 Å². The number of carbonyl (C=O) groups is 2. The number of amides is 1. The number of hydrogen-bond donors (Lipinski definition) is 1. The van der Waals surface area contributed by atoms with E-state index in [1.165, 1.54) is 35.1 Å². The molecular weight excluding hydrogens is 634 g/mol. The molecule has 230 valence electrons. The lowest BCUT2D eigenvalue weighted by Gasteiger charge is -2.24. The van der Waals surface area contributed by atoms with Gasteiger partial charge in [0.25, 0.3) is 5.91 Å². The molecule has 45 heavy (non-hydrogen) atoms. The number of Topliss-reactive ketones (excluding diaryl/α,β-unsaturated/α-hetero) is 1. The Morgan fingerprint density at radius 2 is 1.89 bits per heavy atom. The number of hydrogen-bond acceptors (Lipinski definition) is 10. The van der Waals surface area contributed by atoms with E-state index in [-0.39, 0.29) is 16.5 Å². The van der Waals surface area contributed by atoms with Crippen molar-refractivity contribution in [3.63, 3.8) is 0 Å². The van der Waals surface area contributed by atoms with Crippen molar-refractivity contribution >= 4 is 62.5 Å². The highest BCUT2D eigenvalue weighted by Crippen LogP contribution is 2.45. The van der Waals surface area contributed by atoms with Crippen LogP contribution in [-0.4, -0.2) is 40.7 Å². The normalized spacial score (nSPS) is 14.9. The molecule has 2 aromatic heterocycles. The van der Waals surface area contributed by atoms with Crippen LogP contribution in [0.25, 0.3) is 11.0 Å². The number of rotatable bonds is 12. The average Bonchev–Trinajstić information content (AvgIpc) is 3.77. The highest BCUT2D eigenvalue weighted by atomic mass is 35.5. The van der Waals surface area contributed by atoms with Gasteiger partial charge in [-0.2, -0.15) is 0 Å². The number of methoxy groups -OCH3 is 1. The Morgan fingerprint density at radius 3 is 2.62 bits per heavy atom. The molecule has 6 rings (SSSR count). The van der Waals surface area contributed by atoms with Gasteiger partial charge in [-0.15, -0.1) is 10.2 Å². The van der Waals surface area contributed by atoms with Crippen LogP contribution < -0.4 is 14.4 Å². The van der Waals surface area contributed by atoms with E-state index in [9.17, 15) is 14.7 Å². The minimum absolute atomic E-state index is 0.0355. The van der Waals surface area contributed by atoms with Crippen LogP contribution in [0.2, 0.25) is 5.02 Å². The molecule has 9 nitrogen and oxygen atoms in total. The summed E-state index contributed by atoms with van der Waals surface area (Å²) in [4.78, 5) is 29.0. The second-order valence-corrected chi connectivity index (χ2v) is 12.8. The summed E-state index contributed by atoms with van der Waals surface area (Å²) in [6.45, 7) is 2.66. The second kappa shape index (κ2) is 13.4. The van der Waals surface area contributed by atoms with Crippen molar-refractivity contribution in [2.24, 2.45) is 0 Å². The summed E-state index contributed by atoms with van der Waals surface area (Å²) in [5, 5.41) is 21.4. The summed E-state index contributed by atoms with van der Waals surface area (Å²) in [5.41, 5.74) is 1.90. The van der Waals surface area contributed by atoms with Crippen LogP contribution in [0, 0.1) is 0 Å². The first-order valence-electron chi connectivity index (χ1n) is 14.2. The summed E-state index contributed by atoms with van der Waals surface area (Å²) in [6.07, 6.45) is 1.92. The zero-order chi connectivity index (χ0) is 31.5. The smallest absolute Gasteiger partial charge is 0.296 e. The number of halogens is 1. The number of ketones is 1. The topological polar surface area (TPSA) is 115 Å². The summed E-state index contributed by atoms with van der Waals surface area (Å²) < 4.78 is 17.8. The fourth-order valence-electron chi connectivity index (χ4n) is 4.96. The summed E-state index contributed by atoms with van der Waals surface area (Å²) in [7, 11) is 1.51. The van der Waals surface area contributed by atoms with Gasteiger partial charge in [-0.3, -0.25) is 14.5 Å². The first kappa shape index (κ1) is 30.7. The number of fused-ring (bicyclic) bond motifs is 1. The van der Waals surface area contributed by atoms with Gasteiger partial charge in [0, 0.05) is 16.2 Å². The molecule has 0 spiro atoms. The van der Waals surface area contributed by atoms with Crippen LogP contribution in [0.5, 0.6) is 11.5 Å². The molecule has 1 atom stereocenters. The van der Waals surface area contributed by atoms with E-state index in [0.717, 1.165) is 18.4 Å². The second-order valence-electron chi connectivity index (χ2n) is 10.2. The van der Waals surface area contributed by atoms with Crippen LogP contribution in [0.4, 0.5) is 5.13 Å². The Balaban J connectivity index is 1.35. The van der Waals surface area contributed by atoms with Crippen LogP contribution in [-0.2, 0) is 10.5 Å². The van der Waals surface area contributed by atoms with Gasteiger partial charge in [0.15, 0.2) is 27.2 Å². The molecule has 12 heteroatoms. The molecule has 0 radical (unpaired) electrons. The van der Waals surface area contributed by atoms with E-state index in [0.29, 0.717) is 49.8 Å². The Bertz CT molecular complexity index is 1880. The molecule has 1 N–H and O–H groups in total. The van der Waals surface area contributed by atoms with E-state index >= 15 is 0 Å². The molecule has 3 aromatic carbocycles. The third kappa shape index (κ3) is 6.28. The van der Waals surface area contributed by atoms with Crippen molar-refractivity contribution in [3.8, 4) is 11.5 Å². The van der Waals surface area contributed by atoms with Gasteiger partial charge in [0.05, 0.1) is 25.3 Å². The molecule has 1 unspecified atom stereocenters. The largest absolute Gasteiger partial charge is 0.503 e. The van der Waals surface area contributed by atoms with Gasteiger partial charge in [0.1, 0.15) is 5.75 Å². The lowest BCUT2D eigenvalue weighted by atomic mass is 9.95. The molecule has 0 fully saturated rings. The number of nitrogens with zero attached hydrogens (tertiary/aromatic N) is 3. The minimum Gasteiger partial charge on any atom is -0.503 e. The first-order chi connectivity index (χ1) is 21.9. The number of carbonyl (C=O) groups excluding carboxylic acids is 2. The molecule has 1 aliphatic heterocycles. The number of unbranched alkanes of at least 4 members (excludes halogenated alkanes) is 1. The lowest BCUT2D eigenvalue weighted by molar-refractivity contribution is -0.117. The fraction of sp³-hybridized carbons (Fsp3) is 0.212. The molecule has 0 bridgehead atoms. The van der Waals surface area contributed by atoms with Crippen LogP contribution >= 0.6 is 34.7 Å². The molecule has 5 aromatic rings. The third-order valence-electron chi connectivity index (χ3n) is 7.24. The maximum atomic E-state index is 14.1. The monoisotopic (exact) mass is 661 g/mol. The number of ether oxygens (including phenoxy) is 2. The number of aromatic nitrogens is 2. The van der Waals surface area contributed by atoms with Crippen LogP contribution in [0.3, 0.4) is 0 Å². The van der Waals surface area contributed by atoms with Gasteiger partial charge in [0.2, 0.25) is 10.9 Å². The SMILES string of the molecule is CCCCOc1ccc(C2C(C(=O)c3cc4cccc(OC)c4o3)=C(O)C(=O)N2c2nnc(SCc3ccc(Cl)cc3)s2)cc1. The van der Waals surface area contributed by atoms with Crippen molar-refractivity contribution in [3.05, 3.63) is 106 Å². The zero-order valence-corrected chi connectivity index (χ0v) is 26.7. The van der Waals surface area contributed by atoms with Crippen LogP contribution in [0.15, 0.2) is 92.9 Å². The van der Waals surface area contributed by atoms with E-state index in [1.807, 2.05) is 24.3 Å². The maximum Gasteiger partial charge on any atom is 0.296 e. The molecule has 0 saturated heterocycles. The molecular formula is C33H28ClN3O6S2. The number of para-hydroxylation sites is 1. The molecule has 3 heterocycles. The average molecular weight is 662 g/mol. The predicted molar refractivity (Wildman–Crippen MR) is 175 cm³/mol. The van der Waals surface area contributed by atoms with Crippen molar-refractivity contribution in [2.75, 3.05) is 18.6 Å². The minimum atomic E-state index is -0.994. The van der Waals surface area contributed by atoms with Crippen molar-refractivity contribution in [1.82, 2.24) is 10.2 Å². The third-order valence-corrected chi connectivity index (χ3v) is 9.62. The van der Waals surface area contributed by atoms with Gasteiger partial charge >= 0.3 is 0 Å². The van der Waals surface area contributed by atoms with Crippen molar-refractivity contribution in [1.29, 1.82) is 0 Å². The van der Waals surface area contributed by atoms with Gasteiger partial charge in [-0.05, 0) is 53.9 Å². The summed E-state index contributed by atoms with van der Waals surface area (Å²) in [5.74, 6) is -0.363. The standard InChI is InChI=1S/C33H28ClN3O6S2/c1-3-4-16-42-23-14-10-20(11-15-23)27-26(28(38)25-17-21-6-5-7-24(41-2)30(21)43-25)29(39)31(40)37(27)32-35-36-33(45-32)44-18-19-8-12-22(34)13-9-19/h5-15,17,27,39H,3-4,16,18H2,1-2H3. The number of benzene rings is 3. The molecule has 1 amide bonds. The Kier molecular flexibility index (Phi) is 9.11. The maximum absolute atomic E-state index is 14.1. The molecule has 0 aliphatic carbocycles. The predicted octanol–water partition coefficient (Wildman–Crippen LogP) is 8.20. The first-order valence-corrected chi connectivity index (χ1v) is 16.4. The summed E-state index contributed by atoms with van der Waals surface area (Å²) >= 11 is 8.66. The number of aliphatic hydroxyl groups excluding tert-OH is 1. The van der Waals surface area contributed by atoms with E-state index < -0.39 is 23.5 Å². The molecule has 1 aliphatic rings. The fourth-order valence-corrected chi connectivity index (χ4v) is 6.91. The number of furan rings is 1. The number of anilines is 1. The zero-order valence-electron chi connectivity index (χ0n) is 24.4. The Hall–Kier alpha value is -4.32. The van der Waals surface area contributed by atoms with E-state index in [1.54, 1.807) is 48.5 Å². The van der Waals surface area contributed by atoms with Gasteiger partial charge in [-0.1, -0.05) is 84.4 Å². The quantitative estimate of drug-likeness (QED) is 0.0611. The summed E-state index contributed by atoms with van der Waals surface area (Å²) in [6, 6.07) is 20.5. The number of thioether (sulfide) groups is 1. The Labute approximate surface area is 272 Å². The van der Waals surface area contributed by atoms with E-state index in [4.69, 9.17) is 25.5 Å².